The number of nitrogens with zero attached hydrogens (tertiary/aromatic N) is 2. The minimum absolute atomic E-state index is 0.544. The van der Waals surface area contributed by atoms with Crippen LogP contribution in [0.5, 0.6) is 5.88 Å². The molecular formula is C12H14BrN3OS. The Hall–Kier alpha value is -0.980. The molecular weight excluding hydrogens is 314 g/mol. The predicted octanol–water partition coefficient (Wildman–Crippen LogP) is 2.64. The molecule has 1 N–H and O–H groups in total. The third-order valence-electron chi connectivity index (χ3n) is 2.39. The third-order valence-corrected chi connectivity index (χ3v) is 4.07. The van der Waals surface area contributed by atoms with Crippen LogP contribution >= 0.6 is 27.3 Å². The topological polar surface area (TPSA) is 47.0 Å². The highest BCUT2D eigenvalue weighted by Crippen LogP contribution is 2.22. The van der Waals surface area contributed by atoms with Gasteiger partial charge < -0.3 is 10.1 Å². The van der Waals surface area contributed by atoms with Crippen LogP contribution in [0, 0.1) is 0 Å². The highest BCUT2D eigenvalue weighted by Gasteiger charge is 1.99. The lowest BCUT2D eigenvalue weighted by Gasteiger charge is -2.03. The summed E-state index contributed by atoms with van der Waals surface area (Å²) in [6.07, 6.45) is 1.03. The first-order chi connectivity index (χ1) is 8.78. The molecule has 96 valence electrons. The zero-order chi connectivity index (χ0) is 12.8. The smallest absolute Gasteiger partial charge is 0.233 e. The number of hydrogen-bond donors (Lipinski definition) is 1. The van der Waals surface area contributed by atoms with E-state index in [1.54, 1.807) is 18.4 Å². The van der Waals surface area contributed by atoms with E-state index in [1.807, 2.05) is 12.1 Å². The third kappa shape index (κ3) is 4.04. The number of hydrogen-bond acceptors (Lipinski definition) is 5. The van der Waals surface area contributed by atoms with Crippen molar-refractivity contribution in [2.75, 3.05) is 13.7 Å². The maximum absolute atomic E-state index is 4.96. The van der Waals surface area contributed by atoms with Gasteiger partial charge in [0.2, 0.25) is 5.88 Å². The van der Waals surface area contributed by atoms with Crippen molar-refractivity contribution in [2.24, 2.45) is 0 Å². The van der Waals surface area contributed by atoms with Gasteiger partial charge in [-0.1, -0.05) is 0 Å². The van der Waals surface area contributed by atoms with Gasteiger partial charge in [-0.2, -0.15) is 5.10 Å². The van der Waals surface area contributed by atoms with Crippen molar-refractivity contribution in [3.63, 3.8) is 0 Å². The van der Waals surface area contributed by atoms with E-state index in [0.29, 0.717) is 5.88 Å². The zero-order valence-electron chi connectivity index (χ0n) is 10.0. The lowest BCUT2D eigenvalue weighted by atomic mass is 10.3. The average molecular weight is 328 g/mol. The van der Waals surface area contributed by atoms with E-state index < -0.39 is 0 Å². The Morgan fingerprint density at radius 1 is 1.28 bits per heavy atom. The highest BCUT2D eigenvalue weighted by molar-refractivity contribution is 9.11. The Morgan fingerprint density at radius 3 is 2.78 bits per heavy atom. The molecule has 0 aliphatic carbocycles. The lowest BCUT2D eigenvalue weighted by Crippen LogP contribution is -2.17. The molecule has 0 radical (unpaired) electrons. The van der Waals surface area contributed by atoms with Gasteiger partial charge >= 0.3 is 0 Å². The zero-order valence-corrected chi connectivity index (χ0v) is 12.4. The van der Waals surface area contributed by atoms with Crippen LogP contribution in [0.4, 0.5) is 0 Å². The maximum atomic E-state index is 4.96. The molecule has 2 rings (SSSR count). The first-order valence-corrected chi connectivity index (χ1v) is 7.20. The van der Waals surface area contributed by atoms with Crippen LogP contribution in [-0.2, 0) is 13.0 Å². The molecule has 0 aliphatic heterocycles. The second-order valence-corrected chi connectivity index (χ2v) is 6.25. The van der Waals surface area contributed by atoms with Gasteiger partial charge in [0.1, 0.15) is 0 Å². The first kappa shape index (κ1) is 13.5. The minimum atomic E-state index is 0.544. The summed E-state index contributed by atoms with van der Waals surface area (Å²) in [6, 6.07) is 7.96. The van der Waals surface area contributed by atoms with Gasteiger partial charge in [-0.05, 0) is 40.5 Å². The fourth-order valence-corrected chi connectivity index (χ4v) is 2.95. The number of halogens is 1. The SMILES string of the molecule is COc1ccc(CNCCc2ccc(Br)s2)nn1. The van der Waals surface area contributed by atoms with Gasteiger partial charge in [0.05, 0.1) is 16.6 Å². The summed E-state index contributed by atoms with van der Waals surface area (Å²) in [5.74, 6) is 0.544. The van der Waals surface area contributed by atoms with E-state index in [4.69, 9.17) is 4.74 Å². The standard InChI is InChI=1S/C12H14BrN3OS/c1-17-12-5-2-9(15-16-12)8-14-7-6-10-3-4-11(13)18-10/h2-5,14H,6-8H2,1H3. The summed E-state index contributed by atoms with van der Waals surface area (Å²) >= 11 is 5.23. The van der Waals surface area contributed by atoms with Gasteiger partial charge in [-0.15, -0.1) is 16.4 Å². The molecule has 0 bridgehead atoms. The molecule has 0 saturated carbocycles. The largest absolute Gasteiger partial charge is 0.480 e. The number of nitrogens with one attached hydrogen (secondary N) is 1. The van der Waals surface area contributed by atoms with Gasteiger partial charge in [0.15, 0.2) is 0 Å². The average Bonchev–Trinajstić information content (AvgIpc) is 2.81. The number of rotatable bonds is 6. The molecule has 18 heavy (non-hydrogen) atoms. The quantitative estimate of drug-likeness (QED) is 0.828. The Kier molecular flexibility index (Phi) is 5.10. The van der Waals surface area contributed by atoms with Crippen LogP contribution in [0.3, 0.4) is 0 Å². The van der Waals surface area contributed by atoms with Gasteiger partial charge in [-0.3, -0.25) is 0 Å². The van der Waals surface area contributed by atoms with Crippen molar-refractivity contribution in [2.45, 2.75) is 13.0 Å². The van der Waals surface area contributed by atoms with Crippen LogP contribution < -0.4 is 10.1 Å². The molecule has 0 atom stereocenters. The number of ether oxygens (including phenoxy) is 1. The fourth-order valence-electron chi connectivity index (χ4n) is 1.46. The summed E-state index contributed by atoms with van der Waals surface area (Å²) in [5.41, 5.74) is 0.920. The van der Waals surface area contributed by atoms with Crippen LogP contribution in [0.15, 0.2) is 28.1 Å². The molecule has 0 amide bonds. The van der Waals surface area contributed by atoms with Crippen LogP contribution in [0.25, 0.3) is 0 Å². The summed E-state index contributed by atoms with van der Waals surface area (Å²) in [7, 11) is 1.58. The Labute approximate surface area is 119 Å². The predicted molar refractivity (Wildman–Crippen MR) is 76.0 cm³/mol. The second kappa shape index (κ2) is 6.82. The molecule has 6 heteroatoms. The fraction of sp³-hybridized carbons (Fsp3) is 0.333. The normalized spacial score (nSPS) is 10.6. The van der Waals surface area contributed by atoms with Crippen molar-refractivity contribution < 1.29 is 4.74 Å². The van der Waals surface area contributed by atoms with E-state index in [1.165, 1.54) is 8.66 Å². The summed E-state index contributed by atoms with van der Waals surface area (Å²) in [6.45, 7) is 1.66. The van der Waals surface area contributed by atoms with E-state index >= 15 is 0 Å². The molecule has 4 nitrogen and oxygen atoms in total. The molecule has 0 fully saturated rings. The van der Waals surface area contributed by atoms with Crippen LogP contribution in [-0.4, -0.2) is 23.9 Å². The van der Waals surface area contributed by atoms with Gasteiger partial charge in [0.25, 0.3) is 0 Å². The molecule has 0 unspecified atom stereocenters. The summed E-state index contributed by atoms with van der Waals surface area (Å²) < 4.78 is 6.14. The monoisotopic (exact) mass is 327 g/mol. The van der Waals surface area contributed by atoms with E-state index in [2.05, 4.69) is 43.6 Å². The van der Waals surface area contributed by atoms with E-state index in [9.17, 15) is 0 Å². The summed E-state index contributed by atoms with van der Waals surface area (Å²) in [5, 5.41) is 11.3. The van der Waals surface area contributed by atoms with Gasteiger partial charge in [-0.25, -0.2) is 0 Å². The van der Waals surface area contributed by atoms with Crippen molar-refractivity contribution in [3.05, 3.63) is 38.6 Å². The molecule has 0 spiro atoms. The number of methoxy groups -OCH3 is 1. The Balaban J connectivity index is 1.71. The summed E-state index contributed by atoms with van der Waals surface area (Å²) in [4.78, 5) is 1.37. The highest BCUT2D eigenvalue weighted by atomic mass is 79.9. The first-order valence-electron chi connectivity index (χ1n) is 5.59. The van der Waals surface area contributed by atoms with E-state index in [-0.39, 0.29) is 0 Å². The maximum Gasteiger partial charge on any atom is 0.233 e. The lowest BCUT2D eigenvalue weighted by molar-refractivity contribution is 0.390. The number of aromatic nitrogens is 2. The van der Waals surface area contributed by atoms with Gasteiger partial charge in [0, 0.05) is 24.0 Å². The van der Waals surface area contributed by atoms with Crippen molar-refractivity contribution in [1.82, 2.24) is 15.5 Å². The Bertz CT molecular complexity index is 486. The molecule has 0 aromatic carbocycles. The second-order valence-electron chi connectivity index (χ2n) is 3.70. The minimum Gasteiger partial charge on any atom is -0.480 e. The molecule has 2 aromatic heterocycles. The Morgan fingerprint density at radius 2 is 2.17 bits per heavy atom. The van der Waals surface area contributed by atoms with Crippen LogP contribution in [0.1, 0.15) is 10.6 Å². The van der Waals surface area contributed by atoms with Crippen LogP contribution in [0.2, 0.25) is 0 Å². The van der Waals surface area contributed by atoms with Crippen molar-refractivity contribution in [3.8, 4) is 5.88 Å². The van der Waals surface area contributed by atoms with E-state index in [0.717, 1.165) is 25.2 Å². The molecule has 0 aliphatic rings. The molecule has 2 heterocycles. The molecule has 2 aromatic rings. The number of thiophene rings is 1. The molecule has 0 saturated heterocycles. The van der Waals surface area contributed by atoms with Crippen molar-refractivity contribution >= 4 is 27.3 Å². The van der Waals surface area contributed by atoms with Crippen molar-refractivity contribution in [1.29, 1.82) is 0 Å².